The molecule has 0 amide bonds. The van der Waals surface area contributed by atoms with Crippen LogP contribution in [0.3, 0.4) is 0 Å². The largest absolute Gasteiger partial charge is 0.391 e. The van der Waals surface area contributed by atoms with Crippen LogP contribution in [0.15, 0.2) is 11.1 Å². The minimum absolute atomic E-state index is 0.132. The summed E-state index contributed by atoms with van der Waals surface area (Å²) in [6.45, 7) is 5.70. The maximum absolute atomic E-state index is 12.6. The summed E-state index contributed by atoms with van der Waals surface area (Å²) in [5, 5.41) is 0.618. The van der Waals surface area contributed by atoms with Gasteiger partial charge in [-0.3, -0.25) is 0 Å². The van der Waals surface area contributed by atoms with Gasteiger partial charge in [0.25, 0.3) is 0 Å². The van der Waals surface area contributed by atoms with E-state index in [4.69, 9.17) is 16.3 Å². The molecule has 0 unspecified atom stereocenters. The van der Waals surface area contributed by atoms with E-state index < -0.39 is 17.7 Å². The molecule has 1 saturated carbocycles. The molecule has 5 heteroatoms. The van der Waals surface area contributed by atoms with Gasteiger partial charge in [0.2, 0.25) is 0 Å². The molecule has 19 heavy (non-hydrogen) atoms. The lowest BCUT2D eigenvalue weighted by molar-refractivity contribution is -0.190. The van der Waals surface area contributed by atoms with Crippen LogP contribution in [0.4, 0.5) is 13.2 Å². The fourth-order valence-corrected chi connectivity index (χ4v) is 2.60. The summed E-state index contributed by atoms with van der Waals surface area (Å²) in [5.41, 5.74) is -0.618. The van der Waals surface area contributed by atoms with E-state index in [1.165, 1.54) is 0 Å². The first-order valence-corrected chi connectivity index (χ1v) is 7.15. The number of allylic oxidation sites excluding steroid dienone is 1. The molecule has 1 fully saturated rings. The Hall–Kier alpha value is -0.220. The molecule has 0 bridgehead atoms. The van der Waals surface area contributed by atoms with Gasteiger partial charge in [-0.05, 0) is 46.0 Å². The Morgan fingerprint density at radius 1 is 1.21 bits per heavy atom. The molecule has 0 aliphatic heterocycles. The summed E-state index contributed by atoms with van der Waals surface area (Å²) in [7, 11) is 0. The van der Waals surface area contributed by atoms with Crippen LogP contribution >= 0.6 is 11.6 Å². The van der Waals surface area contributed by atoms with Crippen molar-refractivity contribution in [2.45, 2.75) is 70.8 Å². The lowest BCUT2D eigenvalue weighted by Gasteiger charge is -2.35. The van der Waals surface area contributed by atoms with Gasteiger partial charge in [0, 0.05) is 5.03 Å². The standard InChI is InChI=1S/C14H22ClF3O/c1-4-5-12(15)13(2,3)19-11-8-6-10(7-9-11)14(16,17)18/h5,10-11H,4,6-9H2,1-3H3/b12-5+. The van der Waals surface area contributed by atoms with Crippen LogP contribution in [-0.4, -0.2) is 17.9 Å². The van der Waals surface area contributed by atoms with Crippen molar-refractivity contribution in [2.24, 2.45) is 5.92 Å². The van der Waals surface area contributed by atoms with Crippen molar-refractivity contribution in [3.63, 3.8) is 0 Å². The molecule has 0 heterocycles. The Labute approximate surface area is 118 Å². The van der Waals surface area contributed by atoms with E-state index in [-0.39, 0.29) is 18.9 Å². The van der Waals surface area contributed by atoms with E-state index in [0.717, 1.165) is 6.42 Å². The van der Waals surface area contributed by atoms with Gasteiger partial charge in [0.05, 0.1) is 17.6 Å². The lowest BCUT2D eigenvalue weighted by atomic mass is 9.86. The second-order valence-corrected chi connectivity index (χ2v) is 6.01. The number of alkyl halides is 3. The van der Waals surface area contributed by atoms with Gasteiger partial charge in [-0.25, -0.2) is 0 Å². The Kier molecular flexibility index (Phi) is 5.75. The molecule has 0 saturated heterocycles. The van der Waals surface area contributed by atoms with Gasteiger partial charge < -0.3 is 4.74 Å². The van der Waals surface area contributed by atoms with Crippen molar-refractivity contribution in [3.8, 4) is 0 Å². The zero-order chi connectivity index (χ0) is 14.7. The van der Waals surface area contributed by atoms with E-state index in [1.807, 2.05) is 26.8 Å². The summed E-state index contributed by atoms with van der Waals surface area (Å²) >= 11 is 6.15. The number of halogens is 4. The highest BCUT2D eigenvalue weighted by Gasteiger charge is 2.42. The number of rotatable bonds is 4. The third-order valence-electron chi connectivity index (χ3n) is 3.56. The zero-order valence-electron chi connectivity index (χ0n) is 11.7. The van der Waals surface area contributed by atoms with Crippen molar-refractivity contribution in [3.05, 3.63) is 11.1 Å². The van der Waals surface area contributed by atoms with Crippen molar-refractivity contribution >= 4 is 11.6 Å². The minimum Gasteiger partial charge on any atom is -0.367 e. The van der Waals surface area contributed by atoms with E-state index in [1.54, 1.807) is 0 Å². The first-order valence-electron chi connectivity index (χ1n) is 6.77. The van der Waals surface area contributed by atoms with Crippen LogP contribution in [0.2, 0.25) is 0 Å². The van der Waals surface area contributed by atoms with E-state index >= 15 is 0 Å². The van der Waals surface area contributed by atoms with Crippen LogP contribution < -0.4 is 0 Å². The normalized spacial score (nSPS) is 26.6. The maximum atomic E-state index is 12.6. The molecule has 0 aromatic carbocycles. The second kappa shape index (κ2) is 6.49. The van der Waals surface area contributed by atoms with Crippen molar-refractivity contribution in [1.82, 2.24) is 0 Å². The van der Waals surface area contributed by atoms with Crippen molar-refractivity contribution in [2.75, 3.05) is 0 Å². The van der Waals surface area contributed by atoms with Gasteiger partial charge in [-0.15, -0.1) is 0 Å². The van der Waals surface area contributed by atoms with E-state index in [2.05, 4.69) is 0 Å². The third-order valence-corrected chi connectivity index (χ3v) is 4.17. The lowest BCUT2D eigenvalue weighted by Crippen LogP contribution is -2.36. The van der Waals surface area contributed by atoms with Gasteiger partial charge in [0.1, 0.15) is 0 Å². The Morgan fingerprint density at radius 2 is 1.74 bits per heavy atom. The fraction of sp³-hybridized carbons (Fsp3) is 0.857. The van der Waals surface area contributed by atoms with Crippen LogP contribution in [0, 0.1) is 5.92 Å². The average molecular weight is 299 g/mol. The first-order chi connectivity index (χ1) is 8.66. The molecule has 0 radical (unpaired) electrons. The minimum atomic E-state index is -4.07. The predicted molar refractivity (Wildman–Crippen MR) is 71.2 cm³/mol. The molecule has 0 spiro atoms. The molecule has 1 rings (SSSR count). The monoisotopic (exact) mass is 298 g/mol. The number of ether oxygens (including phenoxy) is 1. The Morgan fingerprint density at radius 3 is 2.16 bits per heavy atom. The summed E-state index contributed by atoms with van der Waals surface area (Å²) in [6, 6.07) is 0. The van der Waals surface area contributed by atoms with Crippen LogP contribution in [0.1, 0.15) is 52.9 Å². The highest BCUT2D eigenvalue weighted by molar-refractivity contribution is 6.30. The van der Waals surface area contributed by atoms with E-state index in [9.17, 15) is 13.2 Å². The fourth-order valence-electron chi connectivity index (χ4n) is 2.41. The summed E-state index contributed by atoms with van der Waals surface area (Å²) in [5.74, 6) is -1.17. The van der Waals surface area contributed by atoms with E-state index in [0.29, 0.717) is 17.9 Å². The summed E-state index contributed by atoms with van der Waals surface area (Å²) in [6.07, 6.45) is -0.310. The SMILES string of the molecule is CC/C=C(/Cl)C(C)(C)OC1CCC(C(F)(F)F)CC1. The highest BCUT2D eigenvalue weighted by Crippen LogP contribution is 2.40. The molecule has 0 aromatic rings. The Balaban J connectivity index is 2.51. The summed E-state index contributed by atoms with van der Waals surface area (Å²) < 4.78 is 43.6. The first kappa shape index (κ1) is 16.8. The average Bonchev–Trinajstić information content (AvgIpc) is 2.28. The molecule has 0 N–H and O–H groups in total. The number of hydrogen-bond donors (Lipinski definition) is 0. The predicted octanol–water partition coefficient (Wildman–Crippen LogP) is 5.44. The molecule has 1 aliphatic carbocycles. The number of hydrogen-bond acceptors (Lipinski definition) is 1. The third kappa shape index (κ3) is 4.99. The molecular formula is C14H22ClF3O. The van der Waals surface area contributed by atoms with Gasteiger partial charge >= 0.3 is 6.18 Å². The molecular weight excluding hydrogens is 277 g/mol. The van der Waals surface area contributed by atoms with Gasteiger partial charge in [0.15, 0.2) is 0 Å². The van der Waals surface area contributed by atoms with Crippen molar-refractivity contribution < 1.29 is 17.9 Å². The smallest absolute Gasteiger partial charge is 0.367 e. The van der Waals surface area contributed by atoms with Crippen LogP contribution in [0.5, 0.6) is 0 Å². The van der Waals surface area contributed by atoms with Crippen LogP contribution in [0.25, 0.3) is 0 Å². The molecule has 1 nitrogen and oxygen atoms in total. The molecule has 0 atom stereocenters. The van der Waals surface area contributed by atoms with Gasteiger partial charge in [-0.1, -0.05) is 24.6 Å². The molecule has 1 aliphatic rings. The van der Waals surface area contributed by atoms with Crippen molar-refractivity contribution in [1.29, 1.82) is 0 Å². The van der Waals surface area contributed by atoms with Crippen LogP contribution in [-0.2, 0) is 4.74 Å². The van der Waals surface area contributed by atoms with Gasteiger partial charge in [-0.2, -0.15) is 13.2 Å². The molecule has 0 aromatic heterocycles. The highest BCUT2D eigenvalue weighted by atomic mass is 35.5. The maximum Gasteiger partial charge on any atom is 0.391 e. The Bertz CT molecular complexity index is 315. The topological polar surface area (TPSA) is 9.23 Å². The quantitative estimate of drug-likeness (QED) is 0.672. The second-order valence-electron chi connectivity index (χ2n) is 5.60. The molecule has 112 valence electrons. The zero-order valence-corrected chi connectivity index (χ0v) is 12.4. The summed E-state index contributed by atoms with van der Waals surface area (Å²) in [4.78, 5) is 0.